The summed E-state index contributed by atoms with van der Waals surface area (Å²) < 4.78 is 12.1. The molecule has 0 aliphatic rings. The van der Waals surface area contributed by atoms with Gasteiger partial charge in [-0.2, -0.15) is 0 Å². The number of halogens is 1. The molecule has 136 valence electrons. The highest BCUT2D eigenvalue weighted by Crippen LogP contribution is 2.33. The zero-order valence-electron chi connectivity index (χ0n) is 14.8. The molecule has 5 heteroatoms. The lowest BCUT2D eigenvalue weighted by molar-refractivity contribution is 0.0691. The Labute approximate surface area is 153 Å². The third kappa shape index (κ3) is 7.56. The summed E-state index contributed by atoms with van der Waals surface area (Å²) in [4.78, 5) is 11.5. The van der Waals surface area contributed by atoms with Crippen molar-refractivity contribution in [1.29, 1.82) is 0 Å². The van der Waals surface area contributed by atoms with Crippen LogP contribution in [0.15, 0.2) is 16.6 Å². The van der Waals surface area contributed by atoms with Gasteiger partial charge in [-0.15, -0.1) is 0 Å². The number of benzene rings is 1. The Morgan fingerprint density at radius 1 is 0.917 bits per heavy atom. The van der Waals surface area contributed by atoms with Crippen molar-refractivity contribution in [3.63, 3.8) is 0 Å². The number of carbonyl (C=O) groups is 1. The van der Waals surface area contributed by atoms with Gasteiger partial charge in [0.15, 0.2) is 0 Å². The van der Waals surface area contributed by atoms with Crippen LogP contribution in [0.4, 0.5) is 0 Å². The molecule has 0 saturated heterocycles. The van der Waals surface area contributed by atoms with Gasteiger partial charge in [-0.1, -0.05) is 52.4 Å². The van der Waals surface area contributed by atoms with E-state index in [4.69, 9.17) is 9.47 Å². The average Bonchev–Trinajstić information content (AvgIpc) is 2.55. The maximum absolute atomic E-state index is 11.5. The molecule has 0 amide bonds. The van der Waals surface area contributed by atoms with Crippen LogP contribution in [0.1, 0.15) is 75.6 Å². The summed E-state index contributed by atoms with van der Waals surface area (Å²) in [6, 6.07) is 3.25. The number of aromatic carboxylic acids is 1. The van der Waals surface area contributed by atoms with Crippen molar-refractivity contribution in [2.45, 2.75) is 65.2 Å². The molecular weight excluding hydrogens is 372 g/mol. The molecule has 1 rings (SSSR count). The van der Waals surface area contributed by atoms with Crippen molar-refractivity contribution in [3.8, 4) is 11.5 Å². The van der Waals surface area contributed by atoms with Crippen LogP contribution in [0.25, 0.3) is 0 Å². The summed E-state index contributed by atoms with van der Waals surface area (Å²) in [5.41, 5.74) is 0.150. The molecule has 0 saturated carbocycles. The summed E-state index contributed by atoms with van der Waals surface area (Å²) in [6.07, 6.45) is 8.82. The first kappa shape index (κ1) is 20.8. The molecule has 0 aliphatic carbocycles. The predicted molar refractivity (Wildman–Crippen MR) is 100 cm³/mol. The second-order valence-corrected chi connectivity index (χ2v) is 6.76. The van der Waals surface area contributed by atoms with E-state index in [1.54, 1.807) is 12.1 Å². The standard InChI is InChI=1S/C19H29BrO4/c1-3-5-7-9-11-23-17-14-16(20)18(13-15(17)19(21)22)24-12-10-8-6-4-2/h13-14H,3-12H2,1-2H3,(H,21,22). The lowest BCUT2D eigenvalue weighted by atomic mass is 10.2. The molecule has 0 atom stereocenters. The highest BCUT2D eigenvalue weighted by Gasteiger charge is 2.16. The Balaban J connectivity index is 2.65. The maximum atomic E-state index is 11.5. The number of unbranched alkanes of at least 4 members (excludes halogenated alkanes) is 6. The summed E-state index contributed by atoms with van der Waals surface area (Å²) >= 11 is 3.45. The normalized spacial score (nSPS) is 10.6. The molecule has 0 radical (unpaired) electrons. The molecular formula is C19H29BrO4. The zero-order valence-corrected chi connectivity index (χ0v) is 16.4. The molecule has 0 spiro atoms. The van der Waals surface area contributed by atoms with E-state index in [0.717, 1.165) is 36.6 Å². The van der Waals surface area contributed by atoms with Gasteiger partial charge in [-0.3, -0.25) is 0 Å². The van der Waals surface area contributed by atoms with E-state index >= 15 is 0 Å². The van der Waals surface area contributed by atoms with Gasteiger partial charge in [0.2, 0.25) is 0 Å². The van der Waals surface area contributed by atoms with Gasteiger partial charge in [0.25, 0.3) is 0 Å². The Hall–Kier alpha value is -1.23. The zero-order chi connectivity index (χ0) is 17.8. The van der Waals surface area contributed by atoms with Crippen LogP contribution < -0.4 is 9.47 Å². The van der Waals surface area contributed by atoms with E-state index in [0.29, 0.717) is 24.7 Å². The second kappa shape index (κ2) is 12.2. The number of ether oxygens (including phenoxy) is 2. The third-order valence-electron chi connectivity index (χ3n) is 3.78. The van der Waals surface area contributed by atoms with Crippen LogP contribution >= 0.6 is 15.9 Å². The summed E-state index contributed by atoms with van der Waals surface area (Å²) in [5.74, 6) is -0.0478. The minimum Gasteiger partial charge on any atom is -0.493 e. The van der Waals surface area contributed by atoms with E-state index in [-0.39, 0.29) is 5.56 Å². The molecule has 1 N–H and O–H groups in total. The fourth-order valence-corrected chi connectivity index (χ4v) is 2.79. The van der Waals surface area contributed by atoms with Crippen LogP contribution in [0, 0.1) is 0 Å². The lowest BCUT2D eigenvalue weighted by Gasteiger charge is -2.13. The molecule has 0 heterocycles. The Kier molecular flexibility index (Phi) is 10.6. The van der Waals surface area contributed by atoms with Crippen LogP contribution in [0.3, 0.4) is 0 Å². The van der Waals surface area contributed by atoms with E-state index < -0.39 is 5.97 Å². The van der Waals surface area contributed by atoms with E-state index in [9.17, 15) is 9.90 Å². The quantitative estimate of drug-likeness (QED) is 0.408. The SMILES string of the molecule is CCCCCCOc1cc(C(=O)O)c(OCCCCCC)cc1Br. The lowest BCUT2D eigenvalue weighted by Crippen LogP contribution is -2.06. The first-order valence-electron chi connectivity index (χ1n) is 8.92. The van der Waals surface area contributed by atoms with Crippen molar-refractivity contribution < 1.29 is 19.4 Å². The minimum atomic E-state index is -0.998. The Morgan fingerprint density at radius 3 is 1.96 bits per heavy atom. The van der Waals surface area contributed by atoms with E-state index in [1.807, 2.05) is 0 Å². The van der Waals surface area contributed by atoms with Crippen molar-refractivity contribution >= 4 is 21.9 Å². The van der Waals surface area contributed by atoms with E-state index in [2.05, 4.69) is 29.8 Å². The van der Waals surface area contributed by atoms with Gasteiger partial charge in [-0.25, -0.2) is 4.79 Å². The molecule has 0 fully saturated rings. The molecule has 0 aromatic heterocycles. The van der Waals surface area contributed by atoms with Gasteiger partial charge in [0.05, 0.1) is 17.7 Å². The topological polar surface area (TPSA) is 55.8 Å². The molecule has 24 heavy (non-hydrogen) atoms. The first-order chi connectivity index (χ1) is 11.6. The van der Waals surface area contributed by atoms with Gasteiger partial charge >= 0.3 is 5.97 Å². The maximum Gasteiger partial charge on any atom is 0.339 e. The monoisotopic (exact) mass is 400 g/mol. The van der Waals surface area contributed by atoms with Crippen LogP contribution in [0.5, 0.6) is 11.5 Å². The van der Waals surface area contributed by atoms with Crippen LogP contribution in [-0.4, -0.2) is 24.3 Å². The van der Waals surface area contributed by atoms with Gasteiger partial charge in [-0.05, 0) is 40.9 Å². The number of carboxylic acid groups (broad SMARTS) is 1. The van der Waals surface area contributed by atoms with Gasteiger partial charge < -0.3 is 14.6 Å². The van der Waals surface area contributed by atoms with Crippen molar-refractivity contribution in [3.05, 3.63) is 22.2 Å². The predicted octanol–water partition coefficient (Wildman–Crippen LogP) is 6.07. The van der Waals surface area contributed by atoms with Crippen LogP contribution in [0.2, 0.25) is 0 Å². The first-order valence-corrected chi connectivity index (χ1v) is 9.71. The molecule has 0 bridgehead atoms. The summed E-state index contributed by atoms with van der Waals surface area (Å²) in [7, 11) is 0. The van der Waals surface area contributed by atoms with Crippen molar-refractivity contribution in [1.82, 2.24) is 0 Å². The second-order valence-electron chi connectivity index (χ2n) is 5.90. The smallest absolute Gasteiger partial charge is 0.339 e. The average molecular weight is 401 g/mol. The van der Waals surface area contributed by atoms with Gasteiger partial charge in [0.1, 0.15) is 17.1 Å². The number of hydrogen-bond donors (Lipinski definition) is 1. The molecule has 0 aliphatic heterocycles. The third-order valence-corrected chi connectivity index (χ3v) is 4.40. The minimum absolute atomic E-state index is 0.150. The van der Waals surface area contributed by atoms with E-state index in [1.165, 1.54) is 19.3 Å². The highest BCUT2D eigenvalue weighted by molar-refractivity contribution is 9.10. The highest BCUT2D eigenvalue weighted by atomic mass is 79.9. The summed E-state index contributed by atoms with van der Waals surface area (Å²) in [5, 5.41) is 9.41. The Morgan fingerprint density at radius 2 is 1.46 bits per heavy atom. The van der Waals surface area contributed by atoms with Crippen molar-refractivity contribution in [2.24, 2.45) is 0 Å². The molecule has 1 aromatic rings. The number of carboxylic acids is 1. The number of rotatable bonds is 13. The van der Waals surface area contributed by atoms with Crippen molar-refractivity contribution in [2.75, 3.05) is 13.2 Å². The number of hydrogen-bond acceptors (Lipinski definition) is 3. The largest absolute Gasteiger partial charge is 0.493 e. The van der Waals surface area contributed by atoms with Gasteiger partial charge in [0, 0.05) is 0 Å². The van der Waals surface area contributed by atoms with Crippen LogP contribution in [-0.2, 0) is 0 Å². The molecule has 1 aromatic carbocycles. The Bertz CT molecular complexity index is 502. The molecule has 0 unspecified atom stereocenters. The fourth-order valence-electron chi connectivity index (χ4n) is 2.35. The fraction of sp³-hybridized carbons (Fsp3) is 0.632. The molecule has 4 nitrogen and oxygen atoms in total. The summed E-state index contributed by atoms with van der Waals surface area (Å²) in [6.45, 7) is 5.44.